The standard InChI is InChI=1S/C29H32N2O2/c1-6-14-32-24-16-22-17-28(2,3)31-26(25(22)23-18-29(4,5)33-27(23)24)21-9-7-8-20(15-21)19-10-12-30-13-11-19/h7-13,15-16H,6,14,17-18H2,1-5H3. The highest BCUT2D eigenvalue weighted by molar-refractivity contribution is 6.16. The van der Waals surface area contributed by atoms with Gasteiger partial charge in [0.15, 0.2) is 11.5 Å². The topological polar surface area (TPSA) is 43.7 Å². The molecular weight excluding hydrogens is 408 g/mol. The number of pyridine rings is 1. The summed E-state index contributed by atoms with van der Waals surface area (Å²) >= 11 is 0. The molecule has 0 atom stereocenters. The fourth-order valence-electron chi connectivity index (χ4n) is 4.99. The molecule has 0 N–H and O–H groups in total. The monoisotopic (exact) mass is 440 g/mol. The summed E-state index contributed by atoms with van der Waals surface area (Å²) in [6, 6.07) is 15.0. The van der Waals surface area contributed by atoms with Gasteiger partial charge in [-0.05, 0) is 81.5 Å². The fraction of sp³-hybridized carbons (Fsp3) is 0.379. The molecule has 0 aliphatic carbocycles. The number of ether oxygens (including phenoxy) is 2. The molecule has 1 aromatic heterocycles. The summed E-state index contributed by atoms with van der Waals surface area (Å²) < 4.78 is 12.6. The molecule has 2 aliphatic rings. The smallest absolute Gasteiger partial charge is 0.166 e. The number of nitrogens with zero attached hydrogens (tertiary/aromatic N) is 2. The zero-order valence-electron chi connectivity index (χ0n) is 20.2. The predicted octanol–water partition coefficient (Wildman–Crippen LogP) is 6.42. The van der Waals surface area contributed by atoms with E-state index in [2.05, 4.69) is 69.9 Å². The normalized spacial score (nSPS) is 17.5. The summed E-state index contributed by atoms with van der Waals surface area (Å²) in [6.07, 6.45) is 6.37. The Morgan fingerprint density at radius 2 is 1.70 bits per heavy atom. The highest BCUT2D eigenvalue weighted by Gasteiger charge is 2.39. The van der Waals surface area contributed by atoms with Crippen LogP contribution >= 0.6 is 0 Å². The summed E-state index contributed by atoms with van der Waals surface area (Å²) in [5.41, 5.74) is 7.80. The first kappa shape index (κ1) is 21.7. The van der Waals surface area contributed by atoms with E-state index < -0.39 is 0 Å². The average Bonchev–Trinajstić information content (AvgIpc) is 3.12. The minimum absolute atomic E-state index is 0.194. The summed E-state index contributed by atoms with van der Waals surface area (Å²) in [6.45, 7) is 11.5. The van der Waals surface area contributed by atoms with Crippen LogP contribution < -0.4 is 9.47 Å². The molecule has 0 fully saturated rings. The van der Waals surface area contributed by atoms with Crippen LogP contribution in [0.25, 0.3) is 11.1 Å². The van der Waals surface area contributed by atoms with E-state index in [1.807, 2.05) is 24.5 Å². The minimum atomic E-state index is -0.265. The van der Waals surface area contributed by atoms with Crippen molar-refractivity contribution in [2.24, 2.45) is 4.99 Å². The number of hydrogen-bond acceptors (Lipinski definition) is 4. The van der Waals surface area contributed by atoms with Crippen molar-refractivity contribution >= 4 is 5.71 Å². The van der Waals surface area contributed by atoms with E-state index in [0.29, 0.717) is 6.61 Å². The van der Waals surface area contributed by atoms with Gasteiger partial charge in [-0.2, -0.15) is 0 Å². The molecule has 5 rings (SSSR count). The van der Waals surface area contributed by atoms with Crippen molar-refractivity contribution in [3.05, 3.63) is 77.1 Å². The van der Waals surface area contributed by atoms with E-state index in [4.69, 9.17) is 14.5 Å². The first-order valence-electron chi connectivity index (χ1n) is 11.9. The lowest BCUT2D eigenvalue weighted by Gasteiger charge is -2.31. The molecule has 2 aromatic carbocycles. The zero-order valence-corrected chi connectivity index (χ0v) is 20.2. The van der Waals surface area contributed by atoms with Crippen molar-refractivity contribution in [1.82, 2.24) is 4.98 Å². The molecule has 2 aliphatic heterocycles. The lowest BCUT2D eigenvalue weighted by atomic mass is 9.80. The molecule has 170 valence electrons. The molecular formula is C29H32N2O2. The zero-order chi connectivity index (χ0) is 23.2. The van der Waals surface area contributed by atoms with E-state index in [0.717, 1.165) is 47.6 Å². The van der Waals surface area contributed by atoms with Crippen LogP contribution in [-0.4, -0.2) is 28.4 Å². The van der Waals surface area contributed by atoms with Crippen molar-refractivity contribution < 1.29 is 9.47 Å². The van der Waals surface area contributed by atoms with Crippen LogP contribution in [0.2, 0.25) is 0 Å². The minimum Gasteiger partial charge on any atom is -0.490 e. The third-order valence-electron chi connectivity index (χ3n) is 6.29. The summed E-state index contributed by atoms with van der Waals surface area (Å²) in [7, 11) is 0. The Balaban J connectivity index is 1.69. The lowest BCUT2D eigenvalue weighted by molar-refractivity contribution is 0.132. The molecule has 0 amide bonds. The van der Waals surface area contributed by atoms with Gasteiger partial charge in [0.25, 0.3) is 0 Å². The van der Waals surface area contributed by atoms with Crippen LogP contribution in [0.4, 0.5) is 0 Å². The van der Waals surface area contributed by atoms with Crippen LogP contribution in [0.5, 0.6) is 11.5 Å². The van der Waals surface area contributed by atoms with E-state index in [-0.39, 0.29) is 11.1 Å². The second-order valence-electron chi connectivity index (χ2n) is 10.4. The van der Waals surface area contributed by atoms with Crippen molar-refractivity contribution in [3.8, 4) is 22.6 Å². The first-order valence-corrected chi connectivity index (χ1v) is 11.9. The van der Waals surface area contributed by atoms with Crippen LogP contribution in [0.1, 0.15) is 63.3 Å². The highest BCUT2D eigenvalue weighted by Crippen LogP contribution is 2.48. The van der Waals surface area contributed by atoms with Gasteiger partial charge < -0.3 is 9.47 Å². The molecule has 0 spiro atoms. The van der Waals surface area contributed by atoms with Gasteiger partial charge in [0, 0.05) is 35.5 Å². The van der Waals surface area contributed by atoms with E-state index in [1.54, 1.807) is 0 Å². The molecule has 3 heterocycles. The van der Waals surface area contributed by atoms with Gasteiger partial charge in [-0.3, -0.25) is 9.98 Å². The van der Waals surface area contributed by atoms with Crippen molar-refractivity contribution in [2.75, 3.05) is 6.61 Å². The van der Waals surface area contributed by atoms with E-state index in [1.165, 1.54) is 22.3 Å². The quantitative estimate of drug-likeness (QED) is 0.460. The molecule has 4 heteroatoms. The molecule has 3 aromatic rings. The number of aromatic nitrogens is 1. The van der Waals surface area contributed by atoms with Crippen molar-refractivity contribution in [3.63, 3.8) is 0 Å². The maximum absolute atomic E-state index is 6.43. The van der Waals surface area contributed by atoms with Gasteiger partial charge in [-0.25, -0.2) is 0 Å². The Morgan fingerprint density at radius 3 is 2.45 bits per heavy atom. The van der Waals surface area contributed by atoms with E-state index >= 15 is 0 Å². The molecule has 0 unspecified atom stereocenters. The van der Waals surface area contributed by atoms with Gasteiger partial charge in [-0.15, -0.1) is 0 Å². The Morgan fingerprint density at radius 1 is 0.939 bits per heavy atom. The summed E-state index contributed by atoms with van der Waals surface area (Å²) in [4.78, 5) is 9.45. The number of benzene rings is 2. The molecule has 0 radical (unpaired) electrons. The summed E-state index contributed by atoms with van der Waals surface area (Å²) in [5, 5.41) is 0. The number of aliphatic imine (C=N–C) groups is 1. The van der Waals surface area contributed by atoms with Gasteiger partial charge in [-0.1, -0.05) is 25.1 Å². The maximum atomic E-state index is 6.43. The fourth-order valence-corrected chi connectivity index (χ4v) is 4.99. The SMILES string of the molecule is CCCOc1cc2c(c3c1OC(C)(C)C3)C(c1cccc(-c3ccncc3)c1)=NC(C)(C)C2. The van der Waals surface area contributed by atoms with Crippen LogP contribution in [-0.2, 0) is 12.8 Å². The van der Waals surface area contributed by atoms with E-state index in [9.17, 15) is 0 Å². The Hall–Kier alpha value is -3.14. The largest absolute Gasteiger partial charge is 0.490 e. The second-order valence-corrected chi connectivity index (χ2v) is 10.4. The number of hydrogen-bond donors (Lipinski definition) is 0. The number of fused-ring (bicyclic) bond motifs is 3. The summed E-state index contributed by atoms with van der Waals surface area (Å²) in [5.74, 6) is 1.77. The predicted molar refractivity (Wildman–Crippen MR) is 134 cm³/mol. The Labute approximate surface area is 196 Å². The van der Waals surface area contributed by atoms with Gasteiger partial charge in [0.05, 0.1) is 17.9 Å². The lowest BCUT2D eigenvalue weighted by Crippen LogP contribution is -2.30. The highest BCUT2D eigenvalue weighted by atomic mass is 16.5. The second kappa shape index (κ2) is 8.02. The van der Waals surface area contributed by atoms with Crippen LogP contribution in [0, 0.1) is 0 Å². The van der Waals surface area contributed by atoms with Crippen LogP contribution in [0.3, 0.4) is 0 Å². The molecule has 0 saturated carbocycles. The average molecular weight is 441 g/mol. The first-order chi connectivity index (χ1) is 15.8. The van der Waals surface area contributed by atoms with Gasteiger partial charge >= 0.3 is 0 Å². The van der Waals surface area contributed by atoms with Crippen molar-refractivity contribution in [1.29, 1.82) is 0 Å². The molecule has 4 nitrogen and oxygen atoms in total. The molecule has 33 heavy (non-hydrogen) atoms. The number of rotatable bonds is 5. The third kappa shape index (κ3) is 4.15. The maximum Gasteiger partial charge on any atom is 0.166 e. The Bertz CT molecular complexity index is 1230. The Kier molecular flexibility index (Phi) is 5.27. The van der Waals surface area contributed by atoms with Gasteiger partial charge in [0.1, 0.15) is 5.60 Å². The van der Waals surface area contributed by atoms with Crippen LogP contribution in [0.15, 0.2) is 59.9 Å². The molecule has 0 bridgehead atoms. The third-order valence-corrected chi connectivity index (χ3v) is 6.29. The molecule has 0 saturated heterocycles. The van der Waals surface area contributed by atoms with Gasteiger partial charge in [0.2, 0.25) is 0 Å². The van der Waals surface area contributed by atoms with Crippen molar-refractivity contribution in [2.45, 2.75) is 65.0 Å².